The van der Waals surface area contributed by atoms with Crippen molar-refractivity contribution in [1.82, 2.24) is 0 Å². The Hall–Kier alpha value is 1.18. The van der Waals surface area contributed by atoms with Gasteiger partial charge in [0, 0.05) is 13.2 Å². The number of phosphoric ester groups is 2. The van der Waals surface area contributed by atoms with Crippen LogP contribution in [-0.4, -0.2) is 73.5 Å². The maximum atomic E-state index is 10.8. The van der Waals surface area contributed by atoms with E-state index in [1.54, 1.807) is 27.7 Å². The third kappa shape index (κ3) is 18.0. The molecule has 0 heterocycles. The zero-order chi connectivity index (χ0) is 18.4. The molecule has 0 aromatic heterocycles. The average Bonchev–Trinajstić information content (AvgIpc) is 2.20. The van der Waals surface area contributed by atoms with Gasteiger partial charge in [0.1, 0.15) is 0 Å². The van der Waals surface area contributed by atoms with E-state index in [0.29, 0.717) is 38.9 Å². The summed E-state index contributed by atoms with van der Waals surface area (Å²) < 4.78 is 36.3. The summed E-state index contributed by atoms with van der Waals surface area (Å²) in [5.41, 5.74) is -1.89. The summed E-state index contributed by atoms with van der Waals surface area (Å²) in [5, 5.41) is 0. The van der Waals surface area contributed by atoms with Crippen molar-refractivity contribution in [1.29, 1.82) is 0 Å². The zero-order valence-electron chi connectivity index (χ0n) is 14.0. The van der Waals surface area contributed by atoms with E-state index in [1.807, 2.05) is 0 Å². The number of phosphoric acid groups is 2. The van der Waals surface area contributed by atoms with E-state index < -0.39 is 26.8 Å². The molecular weight excluding hydrogens is 373 g/mol. The van der Waals surface area contributed by atoms with Crippen molar-refractivity contribution in [3.63, 3.8) is 0 Å². The first-order chi connectivity index (χ1) is 10.1. The van der Waals surface area contributed by atoms with Gasteiger partial charge < -0.3 is 24.3 Å². The first-order valence-corrected chi connectivity index (χ1v) is 10.3. The molecule has 9 nitrogen and oxygen atoms in total. The number of hydrogen-bond donors (Lipinski definition) is 4. The molecule has 0 radical (unpaired) electrons. The normalized spacial score (nSPS) is 13.7. The van der Waals surface area contributed by atoms with E-state index in [9.17, 15) is 9.13 Å². The van der Waals surface area contributed by atoms with Crippen molar-refractivity contribution >= 4 is 45.2 Å². The minimum atomic E-state index is -4.51. The molecule has 0 aromatic rings. The molecular formula is C12H29NaO9P2. The van der Waals surface area contributed by atoms with E-state index >= 15 is 0 Å². The Balaban J connectivity index is 0. The summed E-state index contributed by atoms with van der Waals surface area (Å²) in [7, 11) is -9.02. The van der Waals surface area contributed by atoms with Gasteiger partial charge in [0.05, 0.1) is 11.2 Å². The molecule has 0 fully saturated rings. The number of hydrogen-bond acceptors (Lipinski definition) is 5. The summed E-state index contributed by atoms with van der Waals surface area (Å²) in [6.07, 6.45) is 1.97. The Labute approximate surface area is 165 Å². The third-order valence-electron chi connectivity index (χ3n) is 2.87. The van der Waals surface area contributed by atoms with Crippen LogP contribution in [0.4, 0.5) is 0 Å². The van der Waals surface area contributed by atoms with Crippen LogP contribution in [0.3, 0.4) is 0 Å². The van der Waals surface area contributed by atoms with Crippen LogP contribution in [0.25, 0.3) is 0 Å². The Bertz CT molecular complexity index is 404. The predicted octanol–water partition coefficient (Wildman–Crippen LogP) is 1.69. The molecule has 0 saturated carbocycles. The Morgan fingerprint density at radius 2 is 1.04 bits per heavy atom. The summed E-state index contributed by atoms with van der Waals surface area (Å²) in [6, 6.07) is 0. The Morgan fingerprint density at radius 3 is 1.29 bits per heavy atom. The molecule has 0 aliphatic rings. The van der Waals surface area contributed by atoms with Gasteiger partial charge in [-0.05, 0) is 53.4 Å². The summed E-state index contributed by atoms with van der Waals surface area (Å²) in [4.78, 5) is 35.1. The van der Waals surface area contributed by atoms with Gasteiger partial charge in [-0.3, -0.25) is 9.05 Å². The predicted molar refractivity (Wildman–Crippen MR) is 90.9 cm³/mol. The topological polar surface area (TPSA) is 143 Å². The SMILES string of the molecule is CC(C)(CCCOCCCC(C)(C)OP(=O)(O)O)OP(=O)(O)O.[NaH]. The van der Waals surface area contributed by atoms with E-state index in [-0.39, 0.29) is 29.6 Å². The second-order valence-corrected chi connectivity index (χ2v) is 8.83. The van der Waals surface area contributed by atoms with Crippen molar-refractivity contribution in [3.05, 3.63) is 0 Å². The maximum absolute atomic E-state index is 10.8. The fourth-order valence-corrected chi connectivity index (χ4v) is 3.51. The molecule has 0 amide bonds. The average molecular weight is 402 g/mol. The van der Waals surface area contributed by atoms with E-state index in [1.165, 1.54) is 0 Å². The van der Waals surface area contributed by atoms with Crippen LogP contribution in [0.2, 0.25) is 0 Å². The van der Waals surface area contributed by atoms with E-state index in [0.717, 1.165) is 0 Å². The molecule has 0 rings (SSSR count). The molecule has 0 aromatic carbocycles. The number of ether oxygens (including phenoxy) is 1. The molecule has 4 N–H and O–H groups in total. The molecule has 0 spiro atoms. The second kappa shape index (κ2) is 11.1. The van der Waals surface area contributed by atoms with Crippen molar-refractivity contribution < 1.29 is 42.5 Å². The molecule has 0 unspecified atom stereocenters. The fraction of sp³-hybridized carbons (Fsp3) is 1.00. The summed E-state index contributed by atoms with van der Waals surface area (Å²) in [5.74, 6) is 0. The van der Waals surface area contributed by atoms with Crippen LogP contribution in [0, 0.1) is 0 Å². The standard InChI is InChI=1S/C12H28O9P2.Na.H/c1-11(2,20-22(13,14)15)7-5-9-19-10-6-8-12(3,4)21-23(16,17)18;;/h5-10H2,1-4H3,(H2,13,14,15)(H2,16,17,18);;. The van der Waals surface area contributed by atoms with Crippen LogP contribution in [0.5, 0.6) is 0 Å². The molecule has 0 saturated heterocycles. The van der Waals surface area contributed by atoms with Crippen LogP contribution >= 0.6 is 15.6 Å². The van der Waals surface area contributed by atoms with Crippen LogP contribution < -0.4 is 0 Å². The molecule has 24 heavy (non-hydrogen) atoms. The van der Waals surface area contributed by atoms with Gasteiger partial charge >= 0.3 is 45.2 Å². The Morgan fingerprint density at radius 1 is 0.750 bits per heavy atom. The fourth-order valence-electron chi connectivity index (χ4n) is 2.04. The molecule has 12 heteroatoms. The van der Waals surface area contributed by atoms with Crippen molar-refractivity contribution in [3.8, 4) is 0 Å². The van der Waals surface area contributed by atoms with Crippen molar-refractivity contribution in [2.75, 3.05) is 13.2 Å². The van der Waals surface area contributed by atoms with Gasteiger partial charge in [-0.2, -0.15) is 0 Å². The van der Waals surface area contributed by atoms with Crippen LogP contribution in [0.15, 0.2) is 0 Å². The number of rotatable bonds is 12. The first-order valence-electron chi connectivity index (χ1n) is 7.22. The minimum absolute atomic E-state index is 0. The third-order valence-corrected chi connectivity index (χ3v) is 4.33. The summed E-state index contributed by atoms with van der Waals surface area (Å²) in [6.45, 7) is 7.16. The second-order valence-electron chi connectivity index (χ2n) is 6.50. The van der Waals surface area contributed by atoms with E-state index in [4.69, 9.17) is 24.3 Å². The van der Waals surface area contributed by atoms with Gasteiger partial charge in [0.2, 0.25) is 0 Å². The van der Waals surface area contributed by atoms with E-state index in [2.05, 4.69) is 9.05 Å². The monoisotopic (exact) mass is 402 g/mol. The van der Waals surface area contributed by atoms with Gasteiger partial charge in [-0.1, -0.05) is 0 Å². The molecule has 142 valence electrons. The molecule has 0 aliphatic heterocycles. The molecule has 0 aliphatic carbocycles. The van der Waals surface area contributed by atoms with Crippen molar-refractivity contribution in [2.24, 2.45) is 0 Å². The van der Waals surface area contributed by atoms with Crippen LogP contribution in [-0.2, 0) is 22.9 Å². The first kappa shape index (κ1) is 27.4. The van der Waals surface area contributed by atoms with Crippen LogP contribution in [0.1, 0.15) is 53.4 Å². The van der Waals surface area contributed by atoms with Gasteiger partial charge in [0.15, 0.2) is 0 Å². The summed E-state index contributed by atoms with van der Waals surface area (Å²) >= 11 is 0. The molecule has 0 atom stereocenters. The van der Waals surface area contributed by atoms with Gasteiger partial charge in [-0.15, -0.1) is 0 Å². The van der Waals surface area contributed by atoms with Gasteiger partial charge in [-0.25, -0.2) is 9.13 Å². The van der Waals surface area contributed by atoms with Crippen molar-refractivity contribution in [2.45, 2.75) is 64.6 Å². The molecule has 0 bridgehead atoms. The zero-order valence-corrected chi connectivity index (χ0v) is 15.8. The van der Waals surface area contributed by atoms with Gasteiger partial charge in [0.25, 0.3) is 0 Å². The quantitative estimate of drug-likeness (QED) is 0.218. The Kier molecular flexibility index (Phi) is 12.7.